The molecule has 1 fully saturated rings. The van der Waals surface area contributed by atoms with Crippen LogP contribution in [0.25, 0.3) is 0 Å². The predicted molar refractivity (Wildman–Crippen MR) is 69.9 cm³/mol. The molecule has 2 rings (SSSR count). The van der Waals surface area contributed by atoms with Gasteiger partial charge in [-0.15, -0.1) is 0 Å². The van der Waals surface area contributed by atoms with Crippen LogP contribution >= 0.6 is 0 Å². The number of hydrogen-bond donors (Lipinski definition) is 0. The van der Waals surface area contributed by atoms with Crippen molar-refractivity contribution in [1.29, 1.82) is 0 Å². The number of carbonyl (C=O) groups excluding carboxylic acids is 1. The first-order chi connectivity index (χ1) is 9.08. The van der Waals surface area contributed by atoms with Crippen molar-refractivity contribution >= 4 is 11.7 Å². The van der Waals surface area contributed by atoms with Crippen molar-refractivity contribution in [1.82, 2.24) is 0 Å². The van der Waals surface area contributed by atoms with E-state index in [4.69, 9.17) is 4.74 Å². The van der Waals surface area contributed by atoms with Gasteiger partial charge < -0.3 is 4.74 Å². The van der Waals surface area contributed by atoms with Crippen LogP contribution in [0.3, 0.4) is 0 Å². The van der Waals surface area contributed by atoms with E-state index in [1.165, 1.54) is 37.1 Å². The lowest BCUT2D eigenvalue weighted by molar-refractivity contribution is -0.384. The van der Waals surface area contributed by atoms with Gasteiger partial charge in [0.05, 0.1) is 10.5 Å². The largest absolute Gasteiger partial charge is 0.459 e. The van der Waals surface area contributed by atoms with Crippen LogP contribution in [0.1, 0.15) is 43.0 Å². The van der Waals surface area contributed by atoms with Crippen LogP contribution in [-0.4, -0.2) is 17.0 Å². The number of rotatable bonds is 4. The molecule has 1 saturated carbocycles. The van der Waals surface area contributed by atoms with E-state index in [1.54, 1.807) is 0 Å². The smallest absolute Gasteiger partial charge is 0.338 e. The number of esters is 1. The molecule has 0 unspecified atom stereocenters. The number of nitro groups is 1. The SMILES string of the molecule is C[C@@H](OC(=O)c1ccc([N+](=O)[O-])cc1)C1CCCC1. The Bertz CT molecular complexity index is 463. The Balaban J connectivity index is 1.97. The summed E-state index contributed by atoms with van der Waals surface area (Å²) in [6.45, 7) is 1.92. The highest BCUT2D eigenvalue weighted by molar-refractivity contribution is 5.89. The summed E-state index contributed by atoms with van der Waals surface area (Å²) in [6, 6.07) is 5.50. The number of benzene rings is 1. The Labute approximate surface area is 111 Å². The van der Waals surface area contributed by atoms with Gasteiger partial charge in [0.2, 0.25) is 0 Å². The Morgan fingerprint density at radius 3 is 2.42 bits per heavy atom. The molecule has 5 heteroatoms. The van der Waals surface area contributed by atoms with Crippen molar-refractivity contribution in [2.24, 2.45) is 5.92 Å². The van der Waals surface area contributed by atoms with Gasteiger partial charge >= 0.3 is 5.97 Å². The summed E-state index contributed by atoms with van der Waals surface area (Å²) in [5.41, 5.74) is 0.329. The van der Waals surface area contributed by atoms with Gasteiger partial charge in [0, 0.05) is 12.1 Å². The van der Waals surface area contributed by atoms with Crippen molar-refractivity contribution in [3.05, 3.63) is 39.9 Å². The molecule has 0 aliphatic heterocycles. The van der Waals surface area contributed by atoms with Crippen LogP contribution in [0.5, 0.6) is 0 Å². The topological polar surface area (TPSA) is 69.4 Å². The minimum Gasteiger partial charge on any atom is -0.459 e. The molecular formula is C14H17NO4. The first-order valence-corrected chi connectivity index (χ1v) is 6.53. The number of nitrogens with zero attached hydrogens (tertiary/aromatic N) is 1. The van der Waals surface area contributed by atoms with Gasteiger partial charge in [-0.25, -0.2) is 4.79 Å². The fourth-order valence-electron chi connectivity index (χ4n) is 2.48. The molecular weight excluding hydrogens is 246 g/mol. The predicted octanol–water partition coefficient (Wildman–Crippen LogP) is 3.33. The molecule has 0 radical (unpaired) electrons. The number of nitro benzene ring substituents is 1. The lowest BCUT2D eigenvalue weighted by Gasteiger charge is -2.19. The Kier molecular flexibility index (Phi) is 4.14. The molecule has 19 heavy (non-hydrogen) atoms. The van der Waals surface area contributed by atoms with Gasteiger partial charge in [-0.1, -0.05) is 12.8 Å². The minimum atomic E-state index is -0.490. The van der Waals surface area contributed by atoms with Gasteiger partial charge in [-0.2, -0.15) is 0 Å². The second-order valence-electron chi connectivity index (χ2n) is 4.96. The fourth-order valence-corrected chi connectivity index (χ4v) is 2.48. The van der Waals surface area contributed by atoms with Crippen molar-refractivity contribution in [2.75, 3.05) is 0 Å². The van der Waals surface area contributed by atoms with Crippen LogP contribution in [-0.2, 0) is 4.74 Å². The van der Waals surface area contributed by atoms with Gasteiger partial charge in [0.25, 0.3) is 5.69 Å². The van der Waals surface area contributed by atoms with Gasteiger partial charge in [-0.3, -0.25) is 10.1 Å². The van der Waals surface area contributed by atoms with Crippen LogP contribution in [0.4, 0.5) is 5.69 Å². The van der Waals surface area contributed by atoms with E-state index >= 15 is 0 Å². The lowest BCUT2D eigenvalue weighted by atomic mass is 10.0. The van der Waals surface area contributed by atoms with E-state index in [0.29, 0.717) is 11.5 Å². The number of carbonyl (C=O) groups is 1. The second kappa shape index (κ2) is 5.82. The molecule has 1 aliphatic carbocycles. The summed E-state index contributed by atoms with van der Waals surface area (Å²) >= 11 is 0. The molecule has 0 amide bonds. The van der Waals surface area contributed by atoms with E-state index in [2.05, 4.69) is 0 Å². The Morgan fingerprint density at radius 1 is 1.32 bits per heavy atom. The molecule has 5 nitrogen and oxygen atoms in total. The molecule has 0 spiro atoms. The van der Waals surface area contributed by atoms with E-state index in [1.807, 2.05) is 6.92 Å². The molecule has 0 heterocycles. The zero-order chi connectivity index (χ0) is 13.8. The summed E-state index contributed by atoms with van der Waals surface area (Å²) < 4.78 is 5.41. The zero-order valence-electron chi connectivity index (χ0n) is 10.9. The second-order valence-corrected chi connectivity index (χ2v) is 4.96. The first kappa shape index (κ1) is 13.5. The monoisotopic (exact) mass is 263 g/mol. The molecule has 1 atom stereocenters. The fraction of sp³-hybridized carbons (Fsp3) is 0.500. The quantitative estimate of drug-likeness (QED) is 0.474. The summed E-state index contributed by atoms with van der Waals surface area (Å²) in [4.78, 5) is 21.9. The maximum Gasteiger partial charge on any atom is 0.338 e. The highest BCUT2D eigenvalue weighted by atomic mass is 16.6. The van der Waals surface area contributed by atoms with E-state index in [9.17, 15) is 14.9 Å². The van der Waals surface area contributed by atoms with Crippen LogP contribution < -0.4 is 0 Å². The minimum absolute atomic E-state index is 0.0274. The normalized spacial score (nSPS) is 17.1. The third kappa shape index (κ3) is 3.30. The van der Waals surface area contributed by atoms with E-state index in [-0.39, 0.29) is 11.8 Å². The molecule has 1 aliphatic rings. The maximum atomic E-state index is 11.9. The molecule has 0 N–H and O–H groups in total. The molecule has 1 aromatic rings. The summed E-state index contributed by atoms with van der Waals surface area (Å²) in [5.74, 6) is 0.0382. The third-order valence-corrected chi connectivity index (χ3v) is 3.67. The van der Waals surface area contributed by atoms with Crippen LogP contribution in [0, 0.1) is 16.0 Å². The first-order valence-electron chi connectivity index (χ1n) is 6.53. The average Bonchev–Trinajstić information content (AvgIpc) is 2.92. The van der Waals surface area contributed by atoms with E-state index in [0.717, 1.165) is 12.8 Å². The number of hydrogen-bond acceptors (Lipinski definition) is 4. The van der Waals surface area contributed by atoms with E-state index < -0.39 is 10.9 Å². The maximum absolute atomic E-state index is 11.9. The average molecular weight is 263 g/mol. The summed E-state index contributed by atoms with van der Waals surface area (Å²) in [6.07, 6.45) is 4.52. The molecule has 1 aromatic carbocycles. The van der Waals surface area contributed by atoms with Gasteiger partial charge in [-0.05, 0) is 37.8 Å². The molecule has 102 valence electrons. The molecule has 0 saturated heterocycles. The van der Waals surface area contributed by atoms with Crippen LogP contribution in [0.2, 0.25) is 0 Å². The molecule has 0 aromatic heterocycles. The number of ether oxygens (including phenoxy) is 1. The van der Waals surface area contributed by atoms with Crippen molar-refractivity contribution < 1.29 is 14.5 Å². The highest BCUT2D eigenvalue weighted by Gasteiger charge is 2.24. The van der Waals surface area contributed by atoms with Crippen molar-refractivity contribution in [3.8, 4) is 0 Å². The van der Waals surface area contributed by atoms with Crippen LogP contribution in [0.15, 0.2) is 24.3 Å². The van der Waals surface area contributed by atoms with Crippen molar-refractivity contribution in [3.63, 3.8) is 0 Å². The van der Waals surface area contributed by atoms with Gasteiger partial charge in [0.1, 0.15) is 6.10 Å². The number of non-ortho nitro benzene ring substituents is 1. The Morgan fingerprint density at radius 2 is 1.89 bits per heavy atom. The highest BCUT2D eigenvalue weighted by Crippen LogP contribution is 2.29. The third-order valence-electron chi connectivity index (χ3n) is 3.67. The Hall–Kier alpha value is -1.91. The van der Waals surface area contributed by atoms with Gasteiger partial charge in [0.15, 0.2) is 0 Å². The van der Waals surface area contributed by atoms with Crippen molar-refractivity contribution in [2.45, 2.75) is 38.7 Å². The lowest BCUT2D eigenvalue weighted by Crippen LogP contribution is -2.22. The zero-order valence-corrected chi connectivity index (χ0v) is 10.9. The molecule has 0 bridgehead atoms. The summed E-state index contributed by atoms with van der Waals surface area (Å²) in [5, 5.41) is 10.5. The standard InChI is InChI=1S/C14H17NO4/c1-10(11-4-2-3-5-11)19-14(16)12-6-8-13(9-7-12)15(17)18/h6-11H,2-5H2,1H3/t10-/m1/s1. The summed E-state index contributed by atoms with van der Waals surface area (Å²) in [7, 11) is 0.